The summed E-state index contributed by atoms with van der Waals surface area (Å²) in [5, 5.41) is 1.41. The maximum absolute atomic E-state index is 8.84. The number of furan rings is 2. The maximum atomic E-state index is 8.84. The summed E-state index contributed by atoms with van der Waals surface area (Å²) in [5.74, 6) is 3.26. The molecule has 8 heteroatoms. The molecule has 2 unspecified atom stereocenters. The molecule has 2 aliphatic carbocycles. The third-order valence-electron chi connectivity index (χ3n) is 11.2. The molecular formula is C44H38Cl4O2SiZr. The Balaban J connectivity index is 1.48. The molecule has 8 rings (SSSR count). The van der Waals surface area contributed by atoms with Gasteiger partial charge in [-0.15, -0.1) is 0 Å². The molecule has 0 spiro atoms. The van der Waals surface area contributed by atoms with Crippen LogP contribution in [0.1, 0.15) is 63.7 Å². The Morgan fingerprint density at radius 1 is 0.538 bits per heavy atom. The first-order valence-electron chi connectivity index (χ1n) is 17.5. The summed E-state index contributed by atoms with van der Waals surface area (Å²) in [7, 11) is 17.7. The zero-order chi connectivity index (χ0) is 36.7. The standard InChI is InChI=1S/2C21H16ClO.C2H6Si.2ClH.Zr/c2*1-13-7-9-15-11-16(20-10-8-14(2)23-20)12-18(15)21(13)17-5-3-4-6-19(17)22;1-3-2;;;/h2*3-12H,1-2H3;1-2H3;2*1H;/q;;;;;+2/p-2. The number of aryl methyl sites for hydroxylation is 4. The van der Waals surface area contributed by atoms with Crippen molar-refractivity contribution in [2.45, 2.75) is 48.0 Å². The number of halogens is 4. The number of hydrogen-bond acceptors (Lipinski definition) is 2. The second-order valence-electron chi connectivity index (χ2n) is 14.5. The molecule has 0 amide bonds. The van der Waals surface area contributed by atoms with E-state index in [1.165, 1.54) is 0 Å². The van der Waals surface area contributed by atoms with Crippen LogP contribution in [-0.4, -0.2) is 5.43 Å². The summed E-state index contributed by atoms with van der Waals surface area (Å²) in [5.41, 5.74) is 11.5. The third kappa shape index (κ3) is 5.51. The quantitative estimate of drug-likeness (QED) is 0.156. The minimum atomic E-state index is -5.40. The van der Waals surface area contributed by atoms with Gasteiger partial charge in [-0.2, -0.15) is 0 Å². The van der Waals surface area contributed by atoms with Crippen LogP contribution in [0.2, 0.25) is 23.1 Å². The Hall–Kier alpha value is -2.82. The van der Waals surface area contributed by atoms with Crippen molar-refractivity contribution >= 4 is 69.0 Å². The van der Waals surface area contributed by atoms with Crippen molar-refractivity contribution in [3.05, 3.63) is 164 Å². The first kappa shape index (κ1) is 36.2. The van der Waals surface area contributed by atoms with Crippen LogP contribution in [0.25, 0.3) is 45.6 Å². The van der Waals surface area contributed by atoms with E-state index < -0.39 is 20.4 Å². The Morgan fingerprint density at radius 2 is 0.942 bits per heavy atom. The molecule has 2 atom stereocenters. The predicted molar refractivity (Wildman–Crippen MR) is 221 cm³/mol. The number of rotatable bonds is 6. The molecule has 2 aliphatic rings. The van der Waals surface area contributed by atoms with Gasteiger partial charge in [-0.3, -0.25) is 0 Å². The number of benzene rings is 4. The van der Waals surface area contributed by atoms with Gasteiger partial charge >= 0.3 is 327 Å². The molecule has 2 aromatic heterocycles. The molecule has 0 N–H and O–H groups in total. The Morgan fingerprint density at radius 3 is 1.29 bits per heavy atom. The van der Waals surface area contributed by atoms with Crippen LogP contribution in [0.4, 0.5) is 0 Å². The molecule has 0 fully saturated rings. The van der Waals surface area contributed by atoms with Gasteiger partial charge in [-0.05, 0) is 0 Å². The van der Waals surface area contributed by atoms with E-state index in [1.807, 2.05) is 62.4 Å². The van der Waals surface area contributed by atoms with Crippen molar-refractivity contribution in [1.29, 1.82) is 0 Å². The van der Waals surface area contributed by atoms with E-state index in [4.69, 9.17) is 49.1 Å². The molecule has 262 valence electrons. The molecule has 6 aromatic rings. The van der Waals surface area contributed by atoms with Gasteiger partial charge in [0.05, 0.1) is 0 Å². The van der Waals surface area contributed by atoms with Crippen molar-refractivity contribution < 1.29 is 23.8 Å². The topological polar surface area (TPSA) is 26.3 Å². The van der Waals surface area contributed by atoms with Crippen LogP contribution in [0.15, 0.2) is 106 Å². The van der Waals surface area contributed by atoms with Gasteiger partial charge in [0.2, 0.25) is 0 Å². The normalized spacial score (nSPS) is 16.8. The summed E-state index contributed by atoms with van der Waals surface area (Å²) >= 11 is 8.46. The van der Waals surface area contributed by atoms with E-state index in [1.54, 1.807) is 0 Å². The molecule has 0 saturated heterocycles. The first-order chi connectivity index (χ1) is 24.8. The van der Waals surface area contributed by atoms with Crippen LogP contribution < -0.4 is 0 Å². The van der Waals surface area contributed by atoms with E-state index in [0.717, 1.165) is 89.8 Å². The fourth-order valence-corrected chi connectivity index (χ4v) is 36.8. The summed E-state index contributed by atoms with van der Waals surface area (Å²) in [6.07, 6.45) is 4.57. The SMILES string of the molecule is Cc1ccc(C2=Cc3c(ccc(C)c3-c3ccccc3Cl)[CH]2[Zr]([Cl])([Cl])([CH]2C(c3ccc(C)o3)=Cc3c2ccc(C)c3-c2ccccc2Cl)=[Si](C)C)o1. The van der Waals surface area contributed by atoms with E-state index in [2.05, 4.69) is 87.6 Å². The van der Waals surface area contributed by atoms with Crippen molar-refractivity contribution in [1.82, 2.24) is 0 Å². The van der Waals surface area contributed by atoms with E-state index in [0.29, 0.717) is 10.0 Å². The summed E-state index contributed by atoms with van der Waals surface area (Å²) in [4.78, 5) is 0. The molecule has 0 radical (unpaired) electrons. The van der Waals surface area contributed by atoms with Gasteiger partial charge in [0.25, 0.3) is 0 Å². The van der Waals surface area contributed by atoms with Crippen LogP contribution in [0, 0.1) is 27.7 Å². The molecular weight excluding hydrogens is 822 g/mol. The molecule has 4 aromatic carbocycles. The monoisotopic (exact) mass is 856 g/mol. The summed E-state index contributed by atoms with van der Waals surface area (Å²) in [6.45, 7) is 12.9. The number of fused-ring (bicyclic) bond motifs is 2. The van der Waals surface area contributed by atoms with Gasteiger partial charge in [0.1, 0.15) is 0 Å². The Bertz CT molecular complexity index is 2430. The van der Waals surface area contributed by atoms with Crippen LogP contribution in [0.3, 0.4) is 0 Å². The van der Waals surface area contributed by atoms with Crippen molar-refractivity contribution in [3.8, 4) is 22.3 Å². The Labute approximate surface area is 323 Å². The fourth-order valence-electron chi connectivity index (χ4n) is 8.65. The van der Waals surface area contributed by atoms with Crippen LogP contribution in [0.5, 0.6) is 0 Å². The zero-order valence-electron chi connectivity index (χ0n) is 29.9. The fraction of sp³-hybridized carbons (Fsp3) is 0.182. The molecule has 0 bridgehead atoms. The average molecular weight is 860 g/mol. The van der Waals surface area contributed by atoms with E-state index in [9.17, 15) is 0 Å². The van der Waals surface area contributed by atoms with E-state index in [-0.39, 0.29) is 7.25 Å². The van der Waals surface area contributed by atoms with Gasteiger partial charge in [-0.1, -0.05) is 0 Å². The Kier molecular flexibility index (Phi) is 9.17. The van der Waals surface area contributed by atoms with Crippen molar-refractivity contribution in [3.63, 3.8) is 0 Å². The first-order valence-corrected chi connectivity index (χ1v) is 33.6. The van der Waals surface area contributed by atoms with Crippen LogP contribution in [-0.2, 0) is 15.0 Å². The van der Waals surface area contributed by atoms with Crippen molar-refractivity contribution in [2.75, 3.05) is 0 Å². The molecule has 52 heavy (non-hydrogen) atoms. The number of allylic oxidation sites excluding steroid dienone is 2. The second-order valence-corrected chi connectivity index (χ2v) is 54.1. The third-order valence-corrected chi connectivity index (χ3v) is 58.1. The van der Waals surface area contributed by atoms with E-state index >= 15 is 0 Å². The summed E-state index contributed by atoms with van der Waals surface area (Å²) < 4.78 is 12.4. The van der Waals surface area contributed by atoms with Crippen LogP contribution >= 0.6 is 40.2 Å². The predicted octanol–water partition coefficient (Wildman–Crippen LogP) is 14.9. The average Bonchev–Trinajstić information content (AvgIpc) is 3.91. The van der Waals surface area contributed by atoms with Gasteiger partial charge in [0.15, 0.2) is 0 Å². The molecule has 2 nitrogen and oxygen atoms in total. The zero-order valence-corrected chi connectivity index (χ0v) is 36.4. The molecule has 0 aliphatic heterocycles. The summed E-state index contributed by atoms with van der Waals surface area (Å²) in [6, 6.07) is 33.2. The minimum absolute atomic E-state index is 0.281. The molecule has 0 saturated carbocycles. The molecule has 2 heterocycles. The number of hydrogen-bond donors (Lipinski definition) is 0. The van der Waals surface area contributed by atoms with Gasteiger partial charge in [0, 0.05) is 0 Å². The van der Waals surface area contributed by atoms with Crippen molar-refractivity contribution in [2.24, 2.45) is 0 Å². The van der Waals surface area contributed by atoms with Gasteiger partial charge < -0.3 is 0 Å². The van der Waals surface area contributed by atoms with Gasteiger partial charge in [-0.25, -0.2) is 0 Å². The second kappa shape index (κ2) is 13.2.